The number of carbonyl (C=O) groups is 1. The summed E-state index contributed by atoms with van der Waals surface area (Å²) in [5.74, 6) is -0.135. The molecule has 0 atom stereocenters. The van der Waals surface area contributed by atoms with E-state index in [2.05, 4.69) is 4.98 Å². The van der Waals surface area contributed by atoms with Crippen molar-refractivity contribution in [3.05, 3.63) is 58.5 Å². The number of benzene rings is 1. The van der Waals surface area contributed by atoms with E-state index in [1.54, 1.807) is 11.0 Å². The van der Waals surface area contributed by atoms with Crippen LogP contribution in [0.25, 0.3) is 10.2 Å². The summed E-state index contributed by atoms with van der Waals surface area (Å²) in [4.78, 5) is 31.8. The first-order valence-electron chi connectivity index (χ1n) is 7.37. The Bertz CT molecular complexity index is 883. The van der Waals surface area contributed by atoms with E-state index in [1.165, 1.54) is 22.2 Å². The second-order valence-electron chi connectivity index (χ2n) is 5.51. The van der Waals surface area contributed by atoms with Crippen LogP contribution in [-0.4, -0.2) is 21.5 Å². The molecule has 6 heteroatoms. The highest BCUT2D eigenvalue weighted by atomic mass is 32.1. The Morgan fingerprint density at radius 3 is 2.70 bits per heavy atom. The third kappa shape index (κ3) is 3.03. The molecule has 3 aromatic rings. The zero-order valence-corrected chi connectivity index (χ0v) is 13.8. The molecule has 0 fully saturated rings. The average molecular weight is 327 g/mol. The summed E-state index contributed by atoms with van der Waals surface area (Å²) >= 11 is 1.42. The molecule has 0 saturated carbocycles. The van der Waals surface area contributed by atoms with Crippen LogP contribution in [0.4, 0.5) is 5.69 Å². The number of nitrogens with zero attached hydrogens (tertiary/aromatic N) is 3. The number of hydrogen-bond donors (Lipinski definition) is 0. The number of para-hydroxylation sites is 1. The summed E-state index contributed by atoms with van der Waals surface area (Å²) in [5, 5.41) is 2.39. The van der Waals surface area contributed by atoms with E-state index in [9.17, 15) is 9.59 Å². The zero-order valence-electron chi connectivity index (χ0n) is 13.0. The van der Waals surface area contributed by atoms with Crippen molar-refractivity contribution >= 4 is 33.1 Å². The number of amides is 1. The van der Waals surface area contributed by atoms with Gasteiger partial charge in [-0.2, -0.15) is 0 Å². The van der Waals surface area contributed by atoms with Crippen molar-refractivity contribution in [2.45, 2.75) is 26.4 Å². The topological polar surface area (TPSA) is 55.2 Å². The van der Waals surface area contributed by atoms with Gasteiger partial charge in [-0.1, -0.05) is 18.2 Å². The maximum atomic E-state index is 12.7. The summed E-state index contributed by atoms with van der Waals surface area (Å²) in [6.07, 6.45) is 1.45. The minimum Gasteiger partial charge on any atom is -0.308 e. The Morgan fingerprint density at radius 2 is 2.00 bits per heavy atom. The maximum Gasteiger partial charge on any atom is 0.262 e. The third-order valence-electron chi connectivity index (χ3n) is 3.58. The van der Waals surface area contributed by atoms with E-state index in [4.69, 9.17) is 0 Å². The second kappa shape index (κ2) is 6.34. The molecule has 1 aromatic carbocycles. The summed E-state index contributed by atoms with van der Waals surface area (Å²) in [6.45, 7) is 3.88. The first-order chi connectivity index (χ1) is 11.1. The zero-order chi connectivity index (χ0) is 16.4. The lowest BCUT2D eigenvalue weighted by Crippen LogP contribution is -2.41. The second-order valence-corrected chi connectivity index (χ2v) is 6.40. The smallest absolute Gasteiger partial charge is 0.262 e. The number of anilines is 1. The molecule has 2 aromatic heterocycles. The number of carbonyl (C=O) groups excluding carboxylic acids is 1. The molecule has 5 nitrogen and oxygen atoms in total. The van der Waals surface area contributed by atoms with Crippen LogP contribution in [0.3, 0.4) is 0 Å². The van der Waals surface area contributed by atoms with E-state index < -0.39 is 0 Å². The van der Waals surface area contributed by atoms with Gasteiger partial charge in [-0.3, -0.25) is 14.2 Å². The van der Waals surface area contributed by atoms with Crippen molar-refractivity contribution in [1.29, 1.82) is 0 Å². The SMILES string of the molecule is CC(C)N(C(=O)Cn1cnc2sccc2c1=O)c1ccccc1. The molecule has 2 heterocycles. The molecule has 118 valence electrons. The van der Waals surface area contributed by atoms with E-state index in [-0.39, 0.29) is 24.1 Å². The first-order valence-corrected chi connectivity index (χ1v) is 8.25. The molecule has 23 heavy (non-hydrogen) atoms. The molecule has 0 radical (unpaired) electrons. The largest absolute Gasteiger partial charge is 0.308 e. The lowest BCUT2D eigenvalue weighted by molar-refractivity contribution is -0.119. The number of fused-ring (bicyclic) bond motifs is 1. The molecule has 1 amide bonds. The average Bonchev–Trinajstić information content (AvgIpc) is 3.00. The Morgan fingerprint density at radius 1 is 1.26 bits per heavy atom. The fourth-order valence-electron chi connectivity index (χ4n) is 2.55. The van der Waals surface area contributed by atoms with Gasteiger partial charge >= 0.3 is 0 Å². The van der Waals surface area contributed by atoms with Crippen molar-refractivity contribution in [3.8, 4) is 0 Å². The fourth-order valence-corrected chi connectivity index (χ4v) is 3.27. The lowest BCUT2D eigenvalue weighted by atomic mass is 10.2. The van der Waals surface area contributed by atoms with Gasteiger partial charge in [0.05, 0.1) is 11.7 Å². The Balaban J connectivity index is 1.92. The molecule has 0 aliphatic heterocycles. The number of thiophene rings is 1. The van der Waals surface area contributed by atoms with Crippen molar-refractivity contribution in [2.75, 3.05) is 4.90 Å². The van der Waals surface area contributed by atoms with Gasteiger partial charge < -0.3 is 4.90 Å². The molecule has 0 N–H and O–H groups in total. The van der Waals surface area contributed by atoms with Gasteiger partial charge in [-0.25, -0.2) is 4.98 Å². The highest BCUT2D eigenvalue weighted by Crippen LogP contribution is 2.17. The molecule has 0 saturated heterocycles. The Kier molecular flexibility index (Phi) is 4.25. The van der Waals surface area contributed by atoms with E-state index in [1.807, 2.05) is 49.6 Å². The maximum absolute atomic E-state index is 12.7. The number of hydrogen-bond acceptors (Lipinski definition) is 4. The van der Waals surface area contributed by atoms with Crippen LogP contribution >= 0.6 is 11.3 Å². The van der Waals surface area contributed by atoms with Gasteiger partial charge in [0, 0.05) is 11.7 Å². The van der Waals surface area contributed by atoms with Gasteiger partial charge in [-0.15, -0.1) is 11.3 Å². The Labute approximate surface area is 137 Å². The standard InChI is InChI=1S/C17H17N3O2S/c1-12(2)20(13-6-4-3-5-7-13)15(21)10-19-11-18-16-14(17(19)22)8-9-23-16/h3-9,11-12H,10H2,1-2H3. The molecule has 0 aliphatic rings. The normalized spacial score (nSPS) is 11.1. The molecular formula is C17H17N3O2S. The van der Waals surface area contributed by atoms with Gasteiger partial charge in [0.2, 0.25) is 5.91 Å². The highest BCUT2D eigenvalue weighted by Gasteiger charge is 2.20. The Hall–Kier alpha value is -2.47. The van der Waals surface area contributed by atoms with Crippen LogP contribution in [0.1, 0.15) is 13.8 Å². The van der Waals surface area contributed by atoms with E-state index >= 15 is 0 Å². The van der Waals surface area contributed by atoms with Gasteiger partial charge in [0.1, 0.15) is 11.4 Å². The van der Waals surface area contributed by atoms with Crippen LogP contribution in [0.5, 0.6) is 0 Å². The fraction of sp³-hybridized carbons (Fsp3) is 0.235. The van der Waals surface area contributed by atoms with Crippen molar-refractivity contribution in [2.24, 2.45) is 0 Å². The summed E-state index contributed by atoms with van der Waals surface area (Å²) in [7, 11) is 0. The van der Waals surface area contributed by atoms with Crippen molar-refractivity contribution in [3.63, 3.8) is 0 Å². The van der Waals surface area contributed by atoms with Crippen molar-refractivity contribution < 1.29 is 4.79 Å². The van der Waals surface area contributed by atoms with E-state index in [0.717, 1.165) is 5.69 Å². The molecule has 0 spiro atoms. The first kappa shape index (κ1) is 15.4. The molecular weight excluding hydrogens is 310 g/mol. The van der Waals surface area contributed by atoms with E-state index in [0.29, 0.717) is 10.2 Å². The minimum absolute atomic E-state index is 0.00144. The van der Waals surface area contributed by atoms with Crippen LogP contribution in [0.15, 0.2) is 52.9 Å². The number of aromatic nitrogens is 2. The molecule has 0 aliphatic carbocycles. The van der Waals surface area contributed by atoms with Crippen LogP contribution < -0.4 is 10.5 Å². The van der Waals surface area contributed by atoms with Crippen molar-refractivity contribution in [1.82, 2.24) is 9.55 Å². The third-order valence-corrected chi connectivity index (χ3v) is 4.40. The predicted molar refractivity (Wildman–Crippen MR) is 92.9 cm³/mol. The van der Waals surface area contributed by atoms with Crippen LogP contribution in [0.2, 0.25) is 0 Å². The minimum atomic E-state index is -0.179. The lowest BCUT2D eigenvalue weighted by Gasteiger charge is -2.27. The van der Waals surface area contributed by atoms with Gasteiger partial charge in [0.25, 0.3) is 5.56 Å². The molecule has 3 rings (SSSR count). The molecule has 0 unspecified atom stereocenters. The van der Waals surface area contributed by atoms with Crippen LogP contribution in [0, 0.1) is 0 Å². The highest BCUT2D eigenvalue weighted by molar-refractivity contribution is 7.16. The monoisotopic (exact) mass is 327 g/mol. The summed E-state index contributed by atoms with van der Waals surface area (Å²) in [5.41, 5.74) is 0.645. The van der Waals surface area contributed by atoms with Gasteiger partial charge in [0.15, 0.2) is 0 Å². The summed E-state index contributed by atoms with van der Waals surface area (Å²) in [6, 6.07) is 11.2. The summed E-state index contributed by atoms with van der Waals surface area (Å²) < 4.78 is 1.37. The number of rotatable bonds is 4. The van der Waals surface area contributed by atoms with Gasteiger partial charge in [-0.05, 0) is 37.4 Å². The molecule has 0 bridgehead atoms. The van der Waals surface area contributed by atoms with Crippen LogP contribution in [-0.2, 0) is 11.3 Å². The quantitative estimate of drug-likeness (QED) is 0.740. The predicted octanol–water partition coefficient (Wildman–Crippen LogP) is 2.90.